The molecule has 3 N–H and O–H groups in total. The van der Waals surface area contributed by atoms with Crippen LogP contribution in [0.3, 0.4) is 0 Å². The highest BCUT2D eigenvalue weighted by molar-refractivity contribution is 7.99. The van der Waals surface area contributed by atoms with E-state index in [-0.39, 0.29) is 12.5 Å². The third-order valence-electron chi connectivity index (χ3n) is 1.40. The van der Waals surface area contributed by atoms with Crippen LogP contribution in [0.5, 0.6) is 0 Å². The van der Waals surface area contributed by atoms with Crippen LogP contribution in [0.25, 0.3) is 0 Å². The van der Waals surface area contributed by atoms with Crippen molar-refractivity contribution < 1.29 is 4.79 Å². The molecule has 0 radical (unpaired) electrons. The van der Waals surface area contributed by atoms with Crippen molar-refractivity contribution in [2.75, 3.05) is 24.6 Å². The number of rotatable bonds is 6. The Kier molecular flexibility index (Phi) is 7.45. The van der Waals surface area contributed by atoms with Gasteiger partial charge >= 0.3 is 0 Å². The minimum absolute atomic E-state index is 0.0872. The first-order valence-electron chi connectivity index (χ1n) is 4.12. The van der Waals surface area contributed by atoms with Gasteiger partial charge in [-0.15, -0.1) is 0 Å². The second-order valence-corrected chi connectivity index (χ2v) is 3.82. The lowest BCUT2D eigenvalue weighted by atomic mass is 10.2. The van der Waals surface area contributed by atoms with E-state index in [1.165, 1.54) is 0 Å². The van der Waals surface area contributed by atoms with Crippen LogP contribution >= 0.6 is 11.8 Å². The van der Waals surface area contributed by atoms with E-state index < -0.39 is 0 Å². The number of thioether (sulfide) groups is 1. The van der Waals surface area contributed by atoms with Gasteiger partial charge in [0.2, 0.25) is 5.91 Å². The third kappa shape index (κ3) is 7.62. The van der Waals surface area contributed by atoms with Gasteiger partial charge in [-0.25, -0.2) is 0 Å². The van der Waals surface area contributed by atoms with Crippen molar-refractivity contribution in [1.82, 2.24) is 5.32 Å². The number of carbonyl (C=O) groups excluding carboxylic acids is 1. The number of nitrogens with one attached hydrogen (secondary N) is 1. The van der Waals surface area contributed by atoms with Crippen molar-refractivity contribution in [3.8, 4) is 6.07 Å². The summed E-state index contributed by atoms with van der Waals surface area (Å²) in [5.74, 6) is 1.65. The molecule has 1 amide bonds. The van der Waals surface area contributed by atoms with Gasteiger partial charge < -0.3 is 11.1 Å². The van der Waals surface area contributed by atoms with E-state index >= 15 is 0 Å². The molecule has 0 saturated carbocycles. The third-order valence-corrected chi connectivity index (χ3v) is 2.67. The molecule has 5 heteroatoms. The first-order valence-corrected chi connectivity index (χ1v) is 5.27. The van der Waals surface area contributed by atoms with Gasteiger partial charge in [0, 0.05) is 0 Å². The molecule has 74 valence electrons. The van der Waals surface area contributed by atoms with E-state index in [1.807, 2.05) is 13.0 Å². The van der Waals surface area contributed by atoms with E-state index in [4.69, 9.17) is 11.0 Å². The number of amides is 1. The number of carbonyl (C=O) groups is 1. The Morgan fingerprint density at radius 3 is 3.00 bits per heavy atom. The predicted molar refractivity (Wildman–Crippen MR) is 54.2 cm³/mol. The summed E-state index contributed by atoms with van der Waals surface area (Å²) in [7, 11) is 0. The molecule has 0 aliphatic heterocycles. The van der Waals surface area contributed by atoms with Crippen LogP contribution in [0.2, 0.25) is 0 Å². The molecule has 1 atom stereocenters. The van der Waals surface area contributed by atoms with Crippen molar-refractivity contribution in [3.05, 3.63) is 0 Å². The molecule has 0 aliphatic carbocycles. The van der Waals surface area contributed by atoms with Crippen LogP contribution in [-0.2, 0) is 4.79 Å². The monoisotopic (exact) mass is 201 g/mol. The molecule has 0 aromatic rings. The van der Waals surface area contributed by atoms with Crippen LogP contribution in [-0.4, -0.2) is 30.5 Å². The SMILES string of the molecule is CC(CN)CSCC(=O)NCC#N. The molecule has 0 fully saturated rings. The minimum Gasteiger partial charge on any atom is -0.342 e. The smallest absolute Gasteiger partial charge is 0.230 e. The van der Waals surface area contributed by atoms with Gasteiger partial charge in [0.1, 0.15) is 6.54 Å². The zero-order valence-electron chi connectivity index (χ0n) is 7.75. The molecule has 0 aromatic heterocycles. The number of hydrogen-bond donors (Lipinski definition) is 2. The molecule has 0 rings (SSSR count). The molecule has 0 spiro atoms. The Bertz CT molecular complexity index is 190. The Morgan fingerprint density at radius 1 is 1.77 bits per heavy atom. The van der Waals surface area contributed by atoms with Gasteiger partial charge in [-0.2, -0.15) is 17.0 Å². The second-order valence-electron chi connectivity index (χ2n) is 2.79. The van der Waals surface area contributed by atoms with Crippen molar-refractivity contribution >= 4 is 17.7 Å². The molecule has 4 nitrogen and oxygen atoms in total. The molecule has 0 heterocycles. The first kappa shape index (κ1) is 12.3. The molecule has 0 bridgehead atoms. The molecule has 1 unspecified atom stereocenters. The van der Waals surface area contributed by atoms with E-state index in [0.29, 0.717) is 18.2 Å². The lowest BCUT2D eigenvalue weighted by Crippen LogP contribution is -2.26. The molecular weight excluding hydrogens is 186 g/mol. The fourth-order valence-electron chi connectivity index (χ4n) is 0.610. The van der Waals surface area contributed by atoms with Crippen molar-refractivity contribution in [3.63, 3.8) is 0 Å². The van der Waals surface area contributed by atoms with Crippen molar-refractivity contribution in [2.45, 2.75) is 6.92 Å². The average Bonchev–Trinajstić information content (AvgIpc) is 2.14. The fourth-order valence-corrected chi connectivity index (χ4v) is 1.55. The van der Waals surface area contributed by atoms with Gasteiger partial charge in [0.05, 0.1) is 11.8 Å². The maximum absolute atomic E-state index is 11.0. The highest BCUT2D eigenvalue weighted by Crippen LogP contribution is 2.05. The maximum atomic E-state index is 11.0. The molecular formula is C8H15N3OS. The van der Waals surface area contributed by atoms with Gasteiger partial charge in [0.15, 0.2) is 0 Å². The summed E-state index contributed by atoms with van der Waals surface area (Å²) in [5, 5.41) is 10.7. The van der Waals surface area contributed by atoms with Gasteiger partial charge in [-0.1, -0.05) is 6.92 Å². The summed E-state index contributed by atoms with van der Waals surface area (Å²) in [6.07, 6.45) is 0. The number of nitrogens with zero attached hydrogens (tertiary/aromatic N) is 1. The lowest BCUT2D eigenvalue weighted by molar-refractivity contribution is -0.118. The predicted octanol–water partition coefficient (Wildman–Crippen LogP) is -0.0458. The Balaban J connectivity index is 3.32. The summed E-state index contributed by atoms with van der Waals surface area (Å²) in [5.41, 5.74) is 5.41. The van der Waals surface area contributed by atoms with Gasteiger partial charge in [-0.05, 0) is 18.2 Å². The average molecular weight is 201 g/mol. The zero-order valence-corrected chi connectivity index (χ0v) is 8.56. The summed E-state index contributed by atoms with van der Waals surface area (Å²) < 4.78 is 0. The topological polar surface area (TPSA) is 78.9 Å². The van der Waals surface area contributed by atoms with Crippen LogP contribution < -0.4 is 11.1 Å². The Labute approximate surface area is 82.9 Å². The van der Waals surface area contributed by atoms with Crippen molar-refractivity contribution in [2.24, 2.45) is 11.7 Å². The fraction of sp³-hybridized carbons (Fsp3) is 0.750. The number of nitrogens with two attached hydrogens (primary N) is 1. The van der Waals surface area contributed by atoms with E-state index in [1.54, 1.807) is 11.8 Å². The zero-order chi connectivity index (χ0) is 10.1. The van der Waals surface area contributed by atoms with Gasteiger partial charge in [0.25, 0.3) is 0 Å². The summed E-state index contributed by atoms with van der Waals surface area (Å²) in [4.78, 5) is 11.0. The van der Waals surface area contributed by atoms with Crippen LogP contribution in [0, 0.1) is 17.2 Å². The minimum atomic E-state index is -0.0872. The largest absolute Gasteiger partial charge is 0.342 e. The Morgan fingerprint density at radius 2 is 2.46 bits per heavy atom. The maximum Gasteiger partial charge on any atom is 0.230 e. The number of nitriles is 1. The van der Waals surface area contributed by atoms with E-state index in [0.717, 1.165) is 5.75 Å². The van der Waals surface area contributed by atoms with Crippen LogP contribution in [0.4, 0.5) is 0 Å². The highest BCUT2D eigenvalue weighted by Gasteiger charge is 2.03. The van der Waals surface area contributed by atoms with Crippen LogP contribution in [0.15, 0.2) is 0 Å². The normalized spacial score (nSPS) is 11.8. The standard InChI is InChI=1S/C8H15N3OS/c1-7(4-10)5-13-6-8(12)11-3-2-9/h7H,3-6,10H2,1H3,(H,11,12). The lowest BCUT2D eigenvalue weighted by Gasteiger charge is -2.06. The quantitative estimate of drug-likeness (QED) is 0.591. The summed E-state index contributed by atoms with van der Waals surface area (Å²) >= 11 is 1.54. The Hall–Kier alpha value is -0.730. The molecule has 0 aliphatic rings. The van der Waals surface area contributed by atoms with E-state index in [9.17, 15) is 4.79 Å². The molecule has 0 saturated heterocycles. The number of hydrogen-bond acceptors (Lipinski definition) is 4. The first-order chi connectivity index (χ1) is 6.20. The van der Waals surface area contributed by atoms with Gasteiger partial charge in [-0.3, -0.25) is 4.79 Å². The summed E-state index contributed by atoms with van der Waals surface area (Å²) in [6, 6.07) is 1.85. The second kappa shape index (κ2) is 7.90. The highest BCUT2D eigenvalue weighted by atomic mass is 32.2. The molecule has 0 aromatic carbocycles. The van der Waals surface area contributed by atoms with Crippen molar-refractivity contribution in [1.29, 1.82) is 5.26 Å². The van der Waals surface area contributed by atoms with Crippen LogP contribution in [0.1, 0.15) is 6.92 Å². The van der Waals surface area contributed by atoms with E-state index in [2.05, 4.69) is 5.32 Å². The summed E-state index contributed by atoms with van der Waals surface area (Å²) in [6.45, 7) is 2.78. The molecule has 13 heavy (non-hydrogen) atoms.